The van der Waals surface area contributed by atoms with Gasteiger partial charge in [-0.15, -0.1) is 0 Å². The summed E-state index contributed by atoms with van der Waals surface area (Å²) in [5, 5.41) is 14.4. The Morgan fingerprint density at radius 2 is 2.05 bits per heavy atom. The Hall–Kier alpha value is -2.04. The summed E-state index contributed by atoms with van der Waals surface area (Å²) in [5.41, 5.74) is 1.28. The fourth-order valence-electron chi connectivity index (χ4n) is 1.74. The van der Waals surface area contributed by atoms with Crippen molar-refractivity contribution >= 4 is 12.0 Å². The second-order valence-electron chi connectivity index (χ2n) is 5.35. The van der Waals surface area contributed by atoms with E-state index in [0.717, 1.165) is 18.4 Å². The number of carboxylic acid groups (broad SMARTS) is 1. The molecule has 0 spiro atoms. The third-order valence-corrected chi connectivity index (χ3v) is 3.41. The van der Waals surface area contributed by atoms with Gasteiger partial charge in [-0.3, -0.25) is 0 Å². The first-order valence-electron chi connectivity index (χ1n) is 6.32. The number of amides is 2. The first kappa shape index (κ1) is 13.4. The molecule has 1 saturated carbocycles. The molecule has 2 amide bonds. The summed E-state index contributed by atoms with van der Waals surface area (Å²) in [5.74, 6) is -0.965. The molecule has 0 atom stereocenters. The molecule has 0 aromatic heterocycles. The first-order valence-corrected chi connectivity index (χ1v) is 6.32. The van der Waals surface area contributed by atoms with Crippen LogP contribution >= 0.6 is 0 Å². The van der Waals surface area contributed by atoms with Crippen LogP contribution in [0.15, 0.2) is 24.3 Å². The summed E-state index contributed by atoms with van der Waals surface area (Å²) in [6.45, 7) is 3.15. The van der Waals surface area contributed by atoms with E-state index in [0.29, 0.717) is 13.1 Å². The van der Waals surface area contributed by atoms with Crippen LogP contribution < -0.4 is 10.6 Å². The Morgan fingerprint density at radius 3 is 2.68 bits per heavy atom. The molecule has 1 aliphatic rings. The van der Waals surface area contributed by atoms with E-state index in [1.807, 2.05) is 0 Å². The number of carbonyl (C=O) groups excluding carboxylic acids is 1. The van der Waals surface area contributed by atoms with Gasteiger partial charge in [-0.05, 0) is 36.0 Å². The summed E-state index contributed by atoms with van der Waals surface area (Å²) in [6.07, 6.45) is 2.32. The normalized spacial score (nSPS) is 15.6. The third-order valence-electron chi connectivity index (χ3n) is 3.41. The summed E-state index contributed by atoms with van der Waals surface area (Å²) >= 11 is 0. The maximum absolute atomic E-state index is 11.6. The molecular formula is C14H18N2O3. The van der Waals surface area contributed by atoms with Crippen LogP contribution in [0.2, 0.25) is 0 Å². The van der Waals surface area contributed by atoms with Crippen molar-refractivity contribution in [2.45, 2.75) is 26.3 Å². The molecule has 102 valence electrons. The van der Waals surface area contributed by atoms with Gasteiger partial charge < -0.3 is 15.7 Å². The zero-order chi connectivity index (χ0) is 13.9. The van der Waals surface area contributed by atoms with Crippen molar-refractivity contribution in [3.8, 4) is 0 Å². The van der Waals surface area contributed by atoms with Gasteiger partial charge in [0.2, 0.25) is 0 Å². The standard InChI is InChI=1S/C14H18N2O3/c1-14(5-6-14)9-16-13(19)15-8-10-3-2-4-11(7-10)12(17)18/h2-4,7H,5-6,8-9H2,1H3,(H,17,18)(H2,15,16,19). The lowest BCUT2D eigenvalue weighted by atomic mass is 10.1. The van der Waals surface area contributed by atoms with Gasteiger partial charge in [0, 0.05) is 13.1 Å². The minimum absolute atomic E-state index is 0.214. The van der Waals surface area contributed by atoms with Crippen LogP contribution in [0.5, 0.6) is 0 Å². The van der Waals surface area contributed by atoms with E-state index in [9.17, 15) is 9.59 Å². The monoisotopic (exact) mass is 262 g/mol. The zero-order valence-corrected chi connectivity index (χ0v) is 10.9. The molecule has 2 rings (SSSR count). The highest BCUT2D eigenvalue weighted by Gasteiger charge is 2.37. The lowest BCUT2D eigenvalue weighted by molar-refractivity contribution is 0.0696. The Balaban J connectivity index is 1.79. The largest absolute Gasteiger partial charge is 0.478 e. The Labute approximate surface area is 112 Å². The molecule has 0 bridgehead atoms. The minimum atomic E-state index is -0.965. The van der Waals surface area contributed by atoms with Crippen LogP contribution in [0, 0.1) is 5.41 Å². The Bertz CT molecular complexity index is 495. The molecule has 0 aliphatic heterocycles. The number of benzene rings is 1. The average molecular weight is 262 g/mol. The van der Waals surface area contributed by atoms with Crippen LogP contribution in [0.3, 0.4) is 0 Å². The van der Waals surface area contributed by atoms with Crippen LogP contribution in [0.25, 0.3) is 0 Å². The lowest BCUT2D eigenvalue weighted by Crippen LogP contribution is -2.37. The molecule has 0 heterocycles. The maximum Gasteiger partial charge on any atom is 0.335 e. The van der Waals surface area contributed by atoms with Crippen molar-refractivity contribution in [1.29, 1.82) is 0 Å². The zero-order valence-electron chi connectivity index (χ0n) is 10.9. The van der Waals surface area contributed by atoms with Crippen molar-refractivity contribution in [2.24, 2.45) is 5.41 Å². The smallest absolute Gasteiger partial charge is 0.335 e. The van der Waals surface area contributed by atoms with Gasteiger partial charge in [-0.25, -0.2) is 9.59 Å². The van der Waals surface area contributed by atoms with Gasteiger partial charge in [-0.2, -0.15) is 0 Å². The average Bonchev–Trinajstić information content (AvgIpc) is 3.13. The second kappa shape index (κ2) is 5.30. The third kappa shape index (κ3) is 3.98. The van der Waals surface area contributed by atoms with E-state index in [1.54, 1.807) is 18.2 Å². The predicted octanol–water partition coefficient (Wildman–Crippen LogP) is 1.98. The van der Waals surface area contributed by atoms with Crippen molar-refractivity contribution in [2.75, 3.05) is 6.54 Å². The highest BCUT2D eigenvalue weighted by molar-refractivity contribution is 5.87. The molecule has 0 saturated heterocycles. The molecule has 0 unspecified atom stereocenters. The van der Waals surface area contributed by atoms with Crippen molar-refractivity contribution in [3.05, 3.63) is 35.4 Å². The van der Waals surface area contributed by atoms with Crippen molar-refractivity contribution < 1.29 is 14.7 Å². The summed E-state index contributed by atoms with van der Waals surface area (Å²) < 4.78 is 0. The fraction of sp³-hybridized carbons (Fsp3) is 0.429. The fourth-order valence-corrected chi connectivity index (χ4v) is 1.74. The number of urea groups is 1. The van der Waals surface area contributed by atoms with Crippen molar-refractivity contribution in [1.82, 2.24) is 10.6 Å². The highest BCUT2D eigenvalue weighted by atomic mass is 16.4. The van der Waals surface area contributed by atoms with Crippen molar-refractivity contribution in [3.63, 3.8) is 0 Å². The van der Waals surface area contributed by atoms with Gasteiger partial charge >= 0.3 is 12.0 Å². The van der Waals surface area contributed by atoms with Gasteiger partial charge in [0.1, 0.15) is 0 Å². The van der Waals surface area contributed by atoms with Gasteiger partial charge in [0.05, 0.1) is 5.56 Å². The van der Waals surface area contributed by atoms with Gasteiger partial charge in [0.25, 0.3) is 0 Å². The van der Waals surface area contributed by atoms with E-state index in [-0.39, 0.29) is 17.0 Å². The molecule has 19 heavy (non-hydrogen) atoms. The molecule has 5 nitrogen and oxygen atoms in total. The quantitative estimate of drug-likeness (QED) is 0.759. The molecule has 1 aliphatic carbocycles. The van der Waals surface area contributed by atoms with Crippen LogP contribution in [0.1, 0.15) is 35.7 Å². The topological polar surface area (TPSA) is 78.4 Å². The van der Waals surface area contributed by atoms with E-state index >= 15 is 0 Å². The SMILES string of the molecule is CC1(CNC(=O)NCc2cccc(C(=O)O)c2)CC1. The molecule has 3 N–H and O–H groups in total. The summed E-state index contributed by atoms with van der Waals surface area (Å²) in [6, 6.07) is 6.33. The Morgan fingerprint density at radius 1 is 1.32 bits per heavy atom. The Kier molecular flexibility index (Phi) is 3.74. The number of carbonyl (C=O) groups is 2. The van der Waals surface area contributed by atoms with E-state index in [1.165, 1.54) is 6.07 Å². The molecule has 1 fully saturated rings. The van der Waals surface area contributed by atoms with E-state index in [4.69, 9.17) is 5.11 Å². The van der Waals surface area contributed by atoms with Gasteiger partial charge in [0.15, 0.2) is 0 Å². The number of rotatable bonds is 5. The number of nitrogens with one attached hydrogen (secondary N) is 2. The molecule has 1 aromatic rings. The van der Waals surface area contributed by atoms with E-state index in [2.05, 4.69) is 17.6 Å². The van der Waals surface area contributed by atoms with Gasteiger partial charge in [-0.1, -0.05) is 19.1 Å². The highest BCUT2D eigenvalue weighted by Crippen LogP contribution is 2.43. The number of hydrogen-bond acceptors (Lipinski definition) is 2. The van der Waals surface area contributed by atoms with Crippen LogP contribution in [-0.2, 0) is 6.54 Å². The summed E-state index contributed by atoms with van der Waals surface area (Å²) in [7, 11) is 0. The molecule has 0 radical (unpaired) electrons. The maximum atomic E-state index is 11.6. The molecule has 1 aromatic carbocycles. The predicted molar refractivity (Wildman–Crippen MR) is 71.0 cm³/mol. The summed E-state index contributed by atoms with van der Waals surface area (Å²) in [4.78, 5) is 22.4. The number of carboxylic acids is 1. The second-order valence-corrected chi connectivity index (χ2v) is 5.35. The molecule has 5 heteroatoms. The van der Waals surface area contributed by atoms with Crippen LogP contribution in [0.4, 0.5) is 4.79 Å². The molecular weight excluding hydrogens is 244 g/mol. The minimum Gasteiger partial charge on any atom is -0.478 e. The first-order chi connectivity index (χ1) is 8.98. The number of aromatic carboxylic acids is 1. The van der Waals surface area contributed by atoms with Crippen LogP contribution in [-0.4, -0.2) is 23.7 Å². The lowest BCUT2D eigenvalue weighted by Gasteiger charge is -2.11. The van der Waals surface area contributed by atoms with E-state index < -0.39 is 5.97 Å². The number of hydrogen-bond donors (Lipinski definition) is 3.